The Bertz CT molecular complexity index is 555. The second-order valence-electron chi connectivity index (χ2n) is 4.59. The van der Waals surface area contributed by atoms with E-state index in [1.165, 1.54) is 0 Å². The Hall–Kier alpha value is -1.53. The molecule has 1 aromatic carbocycles. The van der Waals surface area contributed by atoms with Gasteiger partial charge in [-0.3, -0.25) is 16.3 Å². The average molecular weight is 259 g/mol. The van der Waals surface area contributed by atoms with Gasteiger partial charge in [0, 0.05) is 11.6 Å². The van der Waals surface area contributed by atoms with Gasteiger partial charge >= 0.3 is 0 Å². The van der Waals surface area contributed by atoms with E-state index in [9.17, 15) is 0 Å². The maximum Gasteiger partial charge on any atom is 0.102 e. The highest BCUT2D eigenvalue weighted by Gasteiger charge is 2.26. The lowest BCUT2D eigenvalue weighted by Crippen LogP contribution is -2.43. The first kappa shape index (κ1) is 12.5. The number of ether oxygens (including phenoxy) is 2. The number of hydrazine groups is 1. The minimum absolute atomic E-state index is 0.0817. The molecule has 0 radical (unpaired) electrons. The number of fused-ring (bicyclic) bond motifs is 1. The molecule has 0 spiro atoms. The van der Waals surface area contributed by atoms with E-state index in [0.717, 1.165) is 16.5 Å². The van der Waals surface area contributed by atoms with Crippen molar-refractivity contribution in [2.24, 2.45) is 5.84 Å². The molecule has 1 fully saturated rings. The van der Waals surface area contributed by atoms with Crippen molar-refractivity contribution in [2.75, 3.05) is 19.8 Å². The Morgan fingerprint density at radius 3 is 3.00 bits per heavy atom. The molecule has 0 bridgehead atoms. The van der Waals surface area contributed by atoms with Crippen molar-refractivity contribution in [1.82, 2.24) is 10.4 Å². The smallest absolute Gasteiger partial charge is 0.102 e. The SMILES string of the molecule is NNC(c1cnc2ccccc2c1)C1COCCO1. The summed E-state index contributed by atoms with van der Waals surface area (Å²) in [5.41, 5.74) is 4.79. The molecule has 1 aromatic heterocycles. The first-order valence-electron chi connectivity index (χ1n) is 6.38. The van der Waals surface area contributed by atoms with Crippen LogP contribution in [0, 0.1) is 0 Å². The standard InChI is InChI=1S/C14H17N3O2/c15-17-14(13-9-18-5-6-19-13)11-7-10-3-1-2-4-12(10)16-8-11/h1-4,7-8,13-14,17H,5-6,9,15H2. The molecule has 5 nitrogen and oxygen atoms in total. The molecule has 0 amide bonds. The van der Waals surface area contributed by atoms with E-state index in [4.69, 9.17) is 15.3 Å². The van der Waals surface area contributed by atoms with Crippen LogP contribution in [0.15, 0.2) is 36.5 Å². The molecule has 1 saturated heterocycles. The fourth-order valence-electron chi connectivity index (χ4n) is 2.37. The maximum atomic E-state index is 5.70. The van der Waals surface area contributed by atoms with E-state index in [1.807, 2.05) is 30.5 Å². The molecule has 2 atom stereocenters. The van der Waals surface area contributed by atoms with E-state index < -0.39 is 0 Å². The van der Waals surface area contributed by atoms with Crippen LogP contribution in [-0.4, -0.2) is 30.9 Å². The molecule has 19 heavy (non-hydrogen) atoms. The normalized spacial score (nSPS) is 21.4. The Kier molecular flexibility index (Phi) is 3.70. The van der Waals surface area contributed by atoms with Crippen LogP contribution in [0.2, 0.25) is 0 Å². The highest BCUT2D eigenvalue weighted by Crippen LogP contribution is 2.23. The molecule has 0 saturated carbocycles. The number of para-hydroxylation sites is 1. The Morgan fingerprint density at radius 1 is 1.32 bits per heavy atom. The number of nitrogens with two attached hydrogens (primary N) is 1. The van der Waals surface area contributed by atoms with Gasteiger partial charge in [0.1, 0.15) is 6.10 Å². The molecular formula is C14H17N3O2. The van der Waals surface area contributed by atoms with Crippen molar-refractivity contribution in [1.29, 1.82) is 0 Å². The van der Waals surface area contributed by atoms with Crippen molar-refractivity contribution in [2.45, 2.75) is 12.1 Å². The van der Waals surface area contributed by atoms with Crippen molar-refractivity contribution in [3.05, 3.63) is 42.1 Å². The molecule has 1 aliphatic heterocycles. The van der Waals surface area contributed by atoms with Crippen LogP contribution < -0.4 is 11.3 Å². The van der Waals surface area contributed by atoms with Gasteiger partial charge in [-0.1, -0.05) is 18.2 Å². The number of rotatable bonds is 3. The topological polar surface area (TPSA) is 69.4 Å². The van der Waals surface area contributed by atoms with E-state index in [0.29, 0.717) is 19.8 Å². The van der Waals surface area contributed by atoms with Crippen LogP contribution in [0.3, 0.4) is 0 Å². The van der Waals surface area contributed by atoms with Crippen molar-refractivity contribution in [3.8, 4) is 0 Å². The second kappa shape index (κ2) is 5.63. The predicted molar refractivity (Wildman–Crippen MR) is 72.4 cm³/mol. The van der Waals surface area contributed by atoms with Gasteiger partial charge in [0.05, 0.1) is 31.4 Å². The van der Waals surface area contributed by atoms with E-state index in [1.54, 1.807) is 0 Å². The van der Waals surface area contributed by atoms with Gasteiger partial charge in [0.15, 0.2) is 0 Å². The molecule has 3 rings (SSSR count). The number of hydrogen-bond donors (Lipinski definition) is 2. The van der Waals surface area contributed by atoms with E-state index in [2.05, 4.69) is 16.5 Å². The zero-order valence-electron chi connectivity index (χ0n) is 10.6. The fraction of sp³-hybridized carbons (Fsp3) is 0.357. The predicted octanol–water partition coefficient (Wildman–Crippen LogP) is 1.15. The largest absolute Gasteiger partial charge is 0.376 e. The number of nitrogens with zero attached hydrogens (tertiary/aromatic N) is 1. The lowest BCUT2D eigenvalue weighted by atomic mass is 10.0. The Morgan fingerprint density at radius 2 is 2.21 bits per heavy atom. The van der Waals surface area contributed by atoms with E-state index in [-0.39, 0.29) is 12.1 Å². The summed E-state index contributed by atoms with van der Waals surface area (Å²) in [6, 6.07) is 9.98. The van der Waals surface area contributed by atoms with Crippen LogP contribution in [0.25, 0.3) is 10.9 Å². The average Bonchev–Trinajstić information content (AvgIpc) is 2.49. The number of hydrogen-bond acceptors (Lipinski definition) is 5. The molecular weight excluding hydrogens is 242 g/mol. The molecule has 1 aliphatic rings. The Balaban J connectivity index is 1.91. The zero-order valence-corrected chi connectivity index (χ0v) is 10.6. The summed E-state index contributed by atoms with van der Waals surface area (Å²) >= 11 is 0. The molecule has 2 unspecified atom stereocenters. The van der Waals surface area contributed by atoms with Crippen LogP contribution in [-0.2, 0) is 9.47 Å². The van der Waals surface area contributed by atoms with Crippen LogP contribution in [0.4, 0.5) is 0 Å². The first-order chi connectivity index (χ1) is 9.38. The summed E-state index contributed by atoms with van der Waals surface area (Å²) in [5.74, 6) is 5.67. The number of aromatic nitrogens is 1. The summed E-state index contributed by atoms with van der Waals surface area (Å²) in [6.45, 7) is 1.79. The molecule has 2 heterocycles. The fourth-order valence-corrected chi connectivity index (χ4v) is 2.37. The minimum Gasteiger partial charge on any atom is -0.376 e. The van der Waals surface area contributed by atoms with Gasteiger partial charge in [-0.05, 0) is 17.7 Å². The van der Waals surface area contributed by atoms with Crippen molar-refractivity contribution >= 4 is 10.9 Å². The van der Waals surface area contributed by atoms with Gasteiger partial charge in [0.25, 0.3) is 0 Å². The van der Waals surface area contributed by atoms with Crippen LogP contribution >= 0.6 is 0 Å². The number of nitrogens with one attached hydrogen (secondary N) is 1. The van der Waals surface area contributed by atoms with Crippen molar-refractivity contribution in [3.63, 3.8) is 0 Å². The van der Waals surface area contributed by atoms with Gasteiger partial charge < -0.3 is 9.47 Å². The monoisotopic (exact) mass is 259 g/mol. The van der Waals surface area contributed by atoms with Crippen molar-refractivity contribution < 1.29 is 9.47 Å². The zero-order chi connectivity index (χ0) is 13.1. The quantitative estimate of drug-likeness (QED) is 0.639. The first-order valence-corrected chi connectivity index (χ1v) is 6.38. The number of benzene rings is 1. The highest BCUT2D eigenvalue weighted by atomic mass is 16.6. The summed E-state index contributed by atoms with van der Waals surface area (Å²) in [5, 5.41) is 1.09. The summed E-state index contributed by atoms with van der Waals surface area (Å²) in [4.78, 5) is 4.45. The molecule has 0 aliphatic carbocycles. The van der Waals surface area contributed by atoms with Crippen LogP contribution in [0.5, 0.6) is 0 Å². The Labute approximate surface area is 111 Å². The third-order valence-electron chi connectivity index (χ3n) is 3.36. The molecule has 5 heteroatoms. The third-order valence-corrected chi connectivity index (χ3v) is 3.36. The minimum atomic E-state index is -0.114. The summed E-state index contributed by atoms with van der Waals surface area (Å²) in [7, 11) is 0. The van der Waals surface area contributed by atoms with Gasteiger partial charge in [0.2, 0.25) is 0 Å². The summed E-state index contributed by atoms with van der Waals surface area (Å²) < 4.78 is 11.1. The van der Waals surface area contributed by atoms with E-state index >= 15 is 0 Å². The molecule has 2 aromatic rings. The third kappa shape index (κ3) is 2.59. The maximum absolute atomic E-state index is 5.70. The molecule has 100 valence electrons. The highest BCUT2D eigenvalue weighted by molar-refractivity contribution is 5.78. The number of pyridine rings is 1. The van der Waals surface area contributed by atoms with Gasteiger partial charge in [-0.25, -0.2) is 0 Å². The summed E-state index contributed by atoms with van der Waals surface area (Å²) in [6.07, 6.45) is 1.76. The van der Waals surface area contributed by atoms with Crippen LogP contribution in [0.1, 0.15) is 11.6 Å². The lowest BCUT2D eigenvalue weighted by molar-refractivity contribution is -0.102. The molecule has 3 N–H and O–H groups in total. The van der Waals surface area contributed by atoms with Gasteiger partial charge in [-0.15, -0.1) is 0 Å². The lowest BCUT2D eigenvalue weighted by Gasteiger charge is -2.30. The second-order valence-corrected chi connectivity index (χ2v) is 4.59. The van der Waals surface area contributed by atoms with Gasteiger partial charge in [-0.2, -0.15) is 0 Å².